The van der Waals surface area contributed by atoms with Crippen molar-refractivity contribution >= 4 is 28.3 Å². The van der Waals surface area contributed by atoms with Crippen LogP contribution in [0, 0.1) is 12.8 Å². The summed E-state index contributed by atoms with van der Waals surface area (Å²) in [4.78, 5) is 15.9. The van der Waals surface area contributed by atoms with E-state index in [4.69, 9.17) is 0 Å². The molecular formula is C14H26ClN5O3S. The van der Waals surface area contributed by atoms with Gasteiger partial charge in [0.1, 0.15) is 5.82 Å². The van der Waals surface area contributed by atoms with Gasteiger partial charge in [-0.25, -0.2) is 18.1 Å². The van der Waals surface area contributed by atoms with E-state index in [-0.39, 0.29) is 42.3 Å². The highest BCUT2D eigenvalue weighted by atomic mass is 35.5. The first-order valence-corrected chi connectivity index (χ1v) is 9.27. The first kappa shape index (κ1) is 20.9. The number of imidazole rings is 1. The zero-order valence-corrected chi connectivity index (χ0v) is 15.8. The third kappa shape index (κ3) is 5.44. The molecule has 1 fully saturated rings. The fourth-order valence-corrected chi connectivity index (χ4v) is 3.60. The SMILES string of the molecule is Cc1nc(S(=O)(=O)NCCC(=O)NC2CCNCC2C)cn1C.Cl. The van der Waals surface area contributed by atoms with Gasteiger partial charge in [0.05, 0.1) is 0 Å². The van der Waals surface area contributed by atoms with Crippen LogP contribution in [-0.4, -0.2) is 49.6 Å². The van der Waals surface area contributed by atoms with Crippen LogP contribution in [0.25, 0.3) is 0 Å². The number of amides is 1. The summed E-state index contributed by atoms with van der Waals surface area (Å²) < 4.78 is 28.2. The Bertz CT molecular complexity index is 642. The summed E-state index contributed by atoms with van der Waals surface area (Å²) in [6.45, 7) is 5.65. The Balaban J connectivity index is 0.00000288. The van der Waals surface area contributed by atoms with E-state index in [2.05, 4.69) is 27.3 Å². The zero-order chi connectivity index (χ0) is 17.0. The summed E-state index contributed by atoms with van der Waals surface area (Å²) in [5, 5.41) is 6.22. The summed E-state index contributed by atoms with van der Waals surface area (Å²) in [6.07, 6.45) is 2.46. The van der Waals surface area contributed by atoms with Gasteiger partial charge < -0.3 is 15.2 Å². The highest BCUT2D eigenvalue weighted by molar-refractivity contribution is 7.89. The quantitative estimate of drug-likeness (QED) is 0.641. The molecule has 2 heterocycles. The number of hydrogen-bond donors (Lipinski definition) is 3. The molecule has 2 unspecified atom stereocenters. The molecule has 1 aromatic heterocycles. The topological polar surface area (TPSA) is 105 Å². The van der Waals surface area contributed by atoms with Crippen molar-refractivity contribution in [1.29, 1.82) is 0 Å². The lowest BCUT2D eigenvalue weighted by molar-refractivity contribution is -0.122. The van der Waals surface area contributed by atoms with Gasteiger partial charge in [-0.1, -0.05) is 6.92 Å². The van der Waals surface area contributed by atoms with Crippen molar-refractivity contribution in [2.45, 2.75) is 37.8 Å². The molecule has 0 aliphatic carbocycles. The van der Waals surface area contributed by atoms with Gasteiger partial charge in [0.25, 0.3) is 10.0 Å². The van der Waals surface area contributed by atoms with Crippen LogP contribution in [0.15, 0.2) is 11.2 Å². The maximum atomic E-state index is 12.1. The molecule has 1 amide bonds. The Morgan fingerprint density at radius 3 is 2.79 bits per heavy atom. The van der Waals surface area contributed by atoms with E-state index in [9.17, 15) is 13.2 Å². The van der Waals surface area contributed by atoms with Crippen molar-refractivity contribution in [1.82, 2.24) is 24.9 Å². The lowest BCUT2D eigenvalue weighted by Crippen LogP contribution is -2.48. The third-order valence-corrected chi connectivity index (χ3v) is 5.47. The molecule has 0 aromatic carbocycles. The lowest BCUT2D eigenvalue weighted by Gasteiger charge is -2.30. The predicted molar refractivity (Wildman–Crippen MR) is 93.6 cm³/mol. The van der Waals surface area contributed by atoms with E-state index < -0.39 is 10.0 Å². The smallest absolute Gasteiger partial charge is 0.259 e. The van der Waals surface area contributed by atoms with E-state index in [0.29, 0.717) is 11.7 Å². The average molecular weight is 380 g/mol. The molecule has 2 rings (SSSR count). The van der Waals surface area contributed by atoms with Crippen LogP contribution in [0.1, 0.15) is 25.6 Å². The molecule has 2 atom stereocenters. The maximum Gasteiger partial charge on any atom is 0.259 e. The van der Waals surface area contributed by atoms with Gasteiger partial charge in [-0.15, -0.1) is 12.4 Å². The predicted octanol–water partition coefficient (Wildman–Crippen LogP) is -0.0671. The number of aromatic nitrogens is 2. The van der Waals surface area contributed by atoms with E-state index in [1.807, 2.05) is 0 Å². The van der Waals surface area contributed by atoms with Crippen LogP contribution >= 0.6 is 12.4 Å². The van der Waals surface area contributed by atoms with Crippen molar-refractivity contribution in [3.63, 3.8) is 0 Å². The molecule has 0 radical (unpaired) electrons. The number of sulfonamides is 1. The maximum absolute atomic E-state index is 12.1. The number of carbonyl (C=O) groups is 1. The summed E-state index contributed by atoms with van der Waals surface area (Å²) >= 11 is 0. The number of halogens is 1. The van der Waals surface area contributed by atoms with E-state index in [0.717, 1.165) is 19.5 Å². The Hall–Kier alpha value is -1.16. The highest BCUT2D eigenvalue weighted by Gasteiger charge is 2.23. The monoisotopic (exact) mass is 379 g/mol. The molecule has 0 bridgehead atoms. The van der Waals surface area contributed by atoms with Gasteiger partial charge in [0.15, 0.2) is 5.03 Å². The Morgan fingerprint density at radius 2 is 2.21 bits per heavy atom. The second-order valence-electron chi connectivity index (χ2n) is 6.03. The minimum Gasteiger partial charge on any atom is -0.353 e. The summed E-state index contributed by atoms with van der Waals surface area (Å²) in [5.41, 5.74) is 0. The first-order chi connectivity index (χ1) is 10.8. The van der Waals surface area contributed by atoms with Crippen LogP contribution in [0.3, 0.4) is 0 Å². The average Bonchev–Trinajstić information content (AvgIpc) is 2.82. The minimum atomic E-state index is -3.67. The molecule has 24 heavy (non-hydrogen) atoms. The summed E-state index contributed by atoms with van der Waals surface area (Å²) in [7, 11) is -1.94. The van der Waals surface area contributed by atoms with E-state index in [1.54, 1.807) is 18.5 Å². The Labute approximate surface area is 149 Å². The molecule has 1 aliphatic rings. The largest absolute Gasteiger partial charge is 0.353 e. The van der Waals surface area contributed by atoms with Crippen molar-refractivity contribution in [3.05, 3.63) is 12.0 Å². The van der Waals surface area contributed by atoms with Crippen molar-refractivity contribution < 1.29 is 13.2 Å². The second-order valence-corrected chi connectivity index (χ2v) is 7.74. The fourth-order valence-electron chi connectivity index (χ4n) is 2.54. The fraction of sp³-hybridized carbons (Fsp3) is 0.714. The Morgan fingerprint density at radius 1 is 1.50 bits per heavy atom. The molecule has 10 heteroatoms. The highest BCUT2D eigenvalue weighted by Crippen LogP contribution is 2.10. The number of aryl methyl sites for hydroxylation is 2. The molecule has 138 valence electrons. The lowest BCUT2D eigenvalue weighted by atomic mass is 9.95. The van der Waals surface area contributed by atoms with E-state index >= 15 is 0 Å². The van der Waals surface area contributed by atoms with Crippen molar-refractivity contribution in [3.8, 4) is 0 Å². The van der Waals surface area contributed by atoms with Gasteiger partial charge >= 0.3 is 0 Å². The van der Waals surface area contributed by atoms with Gasteiger partial charge in [-0.2, -0.15) is 0 Å². The van der Waals surface area contributed by atoms with Crippen LogP contribution in [0.5, 0.6) is 0 Å². The standard InChI is InChI=1S/C14H25N5O3S.ClH/c1-10-8-15-6-4-12(10)18-13(20)5-7-16-23(21,22)14-9-19(3)11(2)17-14;/h9-10,12,15-16H,4-8H2,1-3H3,(H,18,20);1H. The van der Waals surface area contributed by atoms with Crippen LogP contribution in [0.4, 0.5) is 0 Å². The van der Waals surface area contributed by atoms with Crippen LogP contribution in [-0.2, 0) is 21.9 Å². The van der Waals surface area contributed by atoms with Gasteiger partial charge in [-0.05, 0) is 32.4 Å². The summed E-state index contributed by atoms with van der Waals surface area (Å²) in [6, 6.07) is 0.152. The number of carbonyl (C=O) groups excluding carboxylic acids is 1. The molecule has 1 saturated heterocycles. The normalized spacial score (nSPS) is 21.1. The third-order valence-electron chi connectivity index (χ3n) is 4.14. The number of nitrogens with one attached hydrogen (secondary N) is 3. The number of rotatable bonds is 6. The van der Waals surface area contributed by atoms with E-state index in [1.165, 1.54) is 6.20 Å². The zero-order valence-electron chi connectivity index (χ0n) is 14.2. The molecule has 0 spiro atoms. The first-order valence-electron chi connectivity index (χ1n) is 7.79. The molecule has 1 aromatic rings. The molecule has 3 N–H and O–H groups in total. The van der Waals surface area contributed by atoms with Crippen molar-refractivity contribution in [2.24, 2.45) is 13.0 Å². The molecular weight excluding hydrogens is 354 g/mol. The summed E-state index contributed by atoms with van der Waals surface area (Å²) in [5.74, 6) is 0.854. The number of hydrogen-bond acceptors (Lipinski definition) is 5. The van der Waals surface area contributed by atoms with Gasteiger partial charge in [0.2, 0.25) is 5.91 Å². The Kier molecular flexibility index (Phi) is 7.65. The van der Waals surface area contributed by atoms with Crippen LogP contribution < -0.4 is 15.4 Å². The molecule has 8 nitrogen and oxygen atoms in total. The number of piperidine rings is 1. The minimum absolute atomic E-state index is 0. The van der Waals surface area contributed by atoms with Gasteiger partial charge in [-0.3, -0.25) is 4.79 Å². The number of nitrogens with zero attached hydrogens (tertiary/aromatic N) is 2. The molecule has 1 aliphatic heterocycles. The molecule has 0 saturated carbocycles. The van der Waals surface area contributed by atoms with Crippen LogP contribution in [0.2, 0.25) is 0 Å². The van der Waals surface area contributed by atoms with Crippen molar-refractivity contribution in [2.75, 3.05) is 19.6 Å². The second kappa shape index (κ2) is 8.80. The van der Waals surface area contributed by atoms with Gasteiger partial charge in [0, 0.05) is 32.3 Å².